The Morgan fingerprint density at radius 3 is 2.79 bits per heavy atom. The number of nitrogens with one attached hydrogen (secondary N) is 1. The maximum Gasteiger partial charge on any atom is 0.291 e. The van der Waals surface area contributed by atoms with Crippen molar-refractivity contribution in [3.63, 3.8) is 0 Å². The average molecular weight is 345 g/mol. The topological polar surface area (TPSA) is 51.5 Å². The number of furan rings is 1. The van der Waals surface area contributed by atoms with Crippen molar-refractivity contribution in [1.29, 1.82) is 0 Å². The molecule has 6 heteroatoms. The standard InChI is InChI=1S/C13H11BrClNO3/c1-2-18-10-4-3-8(7-9(10)15)16-13(17)11-5-6-12(14)19-11/h3-7H,2H2,1H3,(H,16,17). The zero-order chi connectivity index (χ0) is 13.8. The van der Waals surface area contributed by atoms with E-state index in [0.717, 1.165) is 0 Å². The van der Waals surface area contributed by atoms with Crippen molar-refractivity contribution in [3.05, 3.63) is 45.8 Å². The van der Waals surface area contributed by atoms with Gasteiger partial charge in [-0.2, -0.15) is 0 Å². The molecule has 2 aromatic rings. The summed E-state index contributed by atoms with van der Waals surface area (Å²) in [5, 5.41) is 3.13. The quantitative estimate of drug-likeness (QED) is 0.897. The van der Waals surface area contributed by atoms with Gasteiger partial charge in [0.25, 0.3) is 5.91 Å². The zero-order valence-electron chi connectivity index (χ0n) is 10.1. The van der Waals surface area contributed by atoms with Crippen LogP contribution in [0, 0.1) is 0 Å². The molecule has 0 aliphatic heterocycles. The minimum atomic E-state index is -0.342. The number of benzene rings is 1. The van der Waals surface area contributed by atoms with Crippen LogP contribution in [0.25, 0.3) is 0 Å². The fourth-order valence-corrected chi connectivity index (χ4v) is 2.02. The lowest BCUT2D eigenvalue weighted by Gasteiger charge is -2.08. The lowest BCUT2D eigenvalue weighted by molar-refractivity contribution is 0.0995. The van der Waals surface area contributed by atoms with Crippen molar-refractivity contribution in [2.24, 2.45) is 0 Å². The monoisotopic (exact) mass is 343 g/mol. The predicted octanol–water partition coefficient (Wildman–Crippen LogP) is 4.35. The van der Waals surface area contributed by atoms with Crippen LogP contribution in [-0.2, 0) is 0 Å². The van der Waals surface area contributed by atoms with E-state index in [9.17, 15) is 4.79 Å². The first-order chi connectivity index (χ1) is 9.10. The van der Waals surface area contributed by atoms with Crippen LogP contribution in [-0.4, -0.2) is 12.5 Å². The first kappa shape index (κ1) is 14.0. The maximum atomic E-state index is 11.8. The molecule has 2 rings (SSSR count). The highest BCUT2D eigenvalue weighted by Crippen LogP contribution is 2.28. The van der Waals surface area contributed by atoms with Gasteiger partial charge in [-0.05, 0) is 53.2 Å². The minimum Gasteiger partial charge on any atom is -0.492 e. The van der Waals surface area contributed by atoms with Gasteiger partial charge in [0.1, 0.15) is 5.75 Å². The summed E-state index contributed by atoms with van der Waals surface area (Å²) in [5.41, 5.74) is 0.575. The third-order valence-electron chi connectivity index (χ3n) is 2.29. The second-order valence-electron chi connectivity index (χ2n) is 3.64. The Hall–Kier alpha value is -1.46. The van der Waals surface area contributed by atoms with E-state index in [4.69, 9.17) is 20.8 Å². The molecule has 0 fully saturated rings. The normalized spacial score (nSPS) is 10.3. The second-order valence-corrected chi connectivity index (χ2v) is 4.82. The average Bonchev–Trinajstić information content (AvgIpc) is 2.80. The van der Waals surface area contributed by atoms with E-state index >= 15 is 0 Å². The number of carbonyl (C=O) groups excluding carboxylic acids is 1. The molecule has 0 saturated carbocycles. The van der Waals surface area contributed by atoms with Gasteiger partial charge < -0.3 is 14.5 Å². The summed E-state index contributed by atoms with van der Waals surface area (Å²) in [4.78, 5) is 11.8. The molecule has 4 nitrogen and oxygen atoms in total. The summed E-state index contributed by atoms with van der Waals surface area (Å²) in [6, 6.07) is 8.28. The van der Waals surface area contributed by atoms with Crippen molar-refractivity contribution in [3.8, 4) is 5.75 Å². The van der Waals surface area contributed by atoms with Gasteiger partial charge in [-0.15, -0.1) is 0 Å². The van der Waals surface area contributed by atoms with E-state index in [1.807, 2.05) is 6.92 Å². The van der Waals surface area contributed by atoms with E-state index in [-0.39, 0.29) is 11.7 Å². The third kappa shape index (κ3) is 3.52. The smallest absolute Gasteiger partial charge is 0.291 e. The molecule has 0 bridgehead atoms. The SMILES string of the molecule is CCOc1ccc(NC(=O)c2ccc(Br)o2)cc1Cl. The van der Waals surface area contributed by atoms with Crippen molar-refractivity contribution >= 4 is 39.1 Å². The van der Waals surface area contributed by atoms with Crippen LogP contribution < -0.4 is 10.1 Å². The Morgan fingerprint density at radius 2 is 2.21 bits per heavy atom. The molecule has 0 aliphatic rings. The Bertz CT molecular complexity index is 597. The molecule has 1 N–H and O–H groups in total. The molecule has 1 amide bonds. The maximum absolute atomic E-state index is 11.8. The van der Waals surface area contributed by atoms with Crippen molar-refractivity contribution < 1.29 is 13.9 Å². The summed E-state index contributed by atoms with van der Waals surface area (Å²) in [7, 11) is 0. The van der Waals surface area contributed by atoms with Crippen LogP contribution in [0.15, 0.2) is 39.4 Å². The Labute approximate surface area is 123 Å². The molecule has 1 aromatic heterocycles. The molecule has 0 unspecified atom stereocenters. The van der Waals surface area contributed by atoms with Crippen LogP contribution in [0.1, 0.15) is 17.5 Å². The molecule has 1 aromatic carbocycles. The van der Waals surface area contributed by atoms with E-state index in [1.54, 1.807) is 30.3 Å². The third-order valence-corrected chi connectivity index (χ3v) is 3.01. The van der Waals surface area contributed by atoms with Gasteiger partial charge in [0.15, 0.2) is 10.4 Å². The Morgan fingerprint density at radius 1 is 1.42 bits per heavy atom. The van der Waals surface area contributed by atoms with Gasteiger partial charge in [-0.25, -0.2) is 0 Å². The number of halogens is 2. The van der Waals surface area contributed by atoms with E-state index in [2.05, 4.69) is 21.2 Å². The highest BCUT2D eigenvalue weighted by Gasteiger charge is 2.11. The molecular weight excluding hydrogens is 334 g/mol. The Kier molecular flexibility index (Phi) is 4.50. The summed E-state index contributed by atoms with van der Waals surface area (Å²) >= 11 is 9.17. The van der Waals surface area contributed by atoms with E-state index in [1.165, 1.54) is 0 Å². The fourth-order valence-electron chi connectivity index (χ4n) is 1.48. The van der Waals surface area contributed by atoms with Crippen LogP contribution >= 0.6 is 27.5 Å². The van der Waals surface area contributed by atoms with E-state index < -0.39 is 0 Å². The first-order valence-corrected chi connectivity index (χ1v) is 6.76. The number of amides is 1. The van der Waals surface area contributed by atoms with Crippen LogP contribution in [0.5, 0.6) is 5.75 Å². The van der Waals surface area contributed by atoms with Gasteiger partial charge in [0.05, 0.1) is 11.6 Å². The van der Waals surface area contributed by atoms with Crippen LogP contribution in [0.4, 0.5) is 5.69 Å². The number of ether oxygens (including phenoxy) is 1. The highest BCUT2D eigenvalue weighted by molar-refractivity contribution is 9.10. The highest BCUT2D eigenvalue weighted by atomic mass is 79.9. The van der Waals surface area contributed by atoms with Gasteiger partial charge in [-0.1, -0.05) is 11.6 Å². The van der Waals surface area contributed by atoms with Crippen molar-refractivity contribution in [2.45, 2.75) is 6.92 Å². The van der Waals surface area contributed by atoms with Gasteiger partial charge in [0, 0.05) is 5.69 Å². The number of anilines is 1. The molecule has 19 heavy (non-hydrogen) atoms. The molecular formula is C13H11BrClNO3. The lowest BCUT2D eigenvalue weighted by Crippen LogP contribution is -2.10. The predicted molar refractivity (Wildman–Crippen MR) is 77.0 cm³/mol. The minimum absolute atomic E-state index is 0.219. The van der Waals surface area contributed by atoms with Gasteiger partial charge >= 0.3 is 0 Å². The summed E-state index contributed by atoms with van der Waals surface area (Å²) in [6.07, 6.45) is 0. The van der Waals surface area contributed by atoms with Gasteiger partial charge in [-0.3, -0.25) is 4.79 Å². The van der Waals surface area contributed by atoms with Crippen molar-refractivity contribution in [1.82, 2.24) is 0 Å². The van der Waals surface area contributed by atoms with Gasteiger partial charge in [0.2, 0.25) is 0 Å². The summed E-state index contributed by atoms with van der Waals surface area (Å²) in [5.74, 6) is 0.464. The first-order valence-electron chi connectivity index (χ1n) is 5.59. The molecule has 100 valence electrons. The number of hydrogen-bond acceptors (Lipinski definition) is 3. The largest absolute Gasteiger partial charge is 0.492 e. The van der Waals surface area contributed by atoms with E-state index in [0.29, 0.717) is 27.7 Å². The second kappa shape index (κ2) is 6.12. The van der Waals surface area contributed by atoms with Crippen LogP contribution in [0.2, 0.25) is 5.02 Å². The summed E-state index contributed by atoms with van der Waals surface area (Å²) < 4.78 is 11.0. The molecule has 0 saturated heterocycles. The number of rotatable bonds is 4. The van der Waals surface area contributed by atoms with Crippen LogP contribution in [0.3, 0.4) is 0 Å². The molecule has 0 aliphatic carbocycles. The Balaban J connectivity index is 2.11. The van der Waals surface area contributed by atoms with Crippen molar-refractivity contribution in [2.75, 3.05) is 11.9 Å². The fraction of sp³-hybridized carbons (Fsp3) is 0.154. The molecule has 0 spiro atoms. The zero-order valence-corrected chi connectivity index (χ0v) is 12.4. The number of carbonyl (C=O) groups is 1. The summed E-state index contributed by atoms with van der Waals surface area (Å²) in [6.45, 7) is 2.41. The lowest BCUT2D eigenvalue weighted by atomic mass is 10.3. The molecule has 1 heterocycles. The number of hydrogen-bond donors (Lipinski definition) is 1. The molecule has 0 radical (unpaired) electrons. The molecule has 0 atom stereocenters.